The molecule has 19 heavy (non-hydrogen) atoms. The minimum absolute atomic E-state index is 0.110. The highest BCUT2D eigenvalue weighted by atomic mass is 32.2. The van der Waals surface area contributed by atoms with Crippen LogP contribution in [0.5, 0.6) is 0 Å². The Balaban J connectivity index is 2.23. The third-order valence-electron chi connectivity index (χ3n) is 2.82. The van der Waals surface area contributed by atoms with Crippen molar-refractivity contribution in [3.8, 4) is 0 Å². The summed E-state index contributed by atoms with van der Waals surface area (Å²) in [7, 11) is -3.61. The Hall–Kier alpha value is -1.00. The van der Waals surface area contributed by atoms with Gasteiger partial charge in [0.1, 0.15) is 4.21 Å². The Morgan fingerprint density at radius 1 is 1.58 bits per heavy atom. The molecule has 0 radical (unpaired) electrons. The average molecular weight is 305 g/mol. The number of ether oxygens (including phenoxy) is 1. The number of nitrogens with zero attached hydrogens (tertiary/aromatic N) is 1. The Labute approximate surface area is 115 Å². The maximum absolute atomic E-state index is 12.4. The van der Waals surface area contributed by atoms with Crippen molar-refractivity contribution in [3.63, 3.8) is 0 Å². The van der Waals surface area contributed by atoms with E-state index < -0.39 is 15.9 Å². The molecule has 0 saturated carbocycles. The molecule has 1 aromatic heterocycles. The lowest BCUT2D eigenvalue weighted by Gasteiger charge is -2.31. The summed E-state index contributed by atoms with van der Waals surface area (Å²) < 4.78 is 31.5. The van der Waals surface area contributed by atoms with Crippen molar-refractivity contribution in [2.75, 3.05) is 26.2 Å². The second-order valence-electron chi connectivity index (χ2n) is 4.11. The smallest absolute Gasteiger partial charge is 0.252 e. The van der Waals surface area contributed by atoms with Crippen molar-refractivity contribution in [2.24, 2.45) is 11.5 Å². The van der Waals surface area contributed by atoms with Gasteiger partial charge in [-0.05, 0) is 6.07 Å². The molecule has 0 spiro atoms. The molecule has 1 unspecified atom stereocenters. The quantitative estimate of drug-likeness (QED) is 0.755. The van der Waals surface area contributed by atoms with E-state index in [1.165, 1.54) is 15.8 Å². The predicted octanol–water partition coefficient (Wildman–Crippen LogP) is -0.805. The molecule has 7 nitrogen and oxygen atoms in total. The largest absolute Gasteiger partial charge is 0.374 e. The molecule has 1 atom stereocenters. The summed E-state index contributed by atoms with van der Waals surface area (Å²) in [5.41, 5.74) is 10.8. The highest BCUT2D eigenvalue weighted by Gasteiger charge is 2.31. The van der Waals surface area contributed by atoms with Gasteiger partial charge in [0.25, 0.3) is 10.0 Å². The number of sulfonamides is 1. The van der Waals surface area contributed by atoms with Gasteiger partial charge < -0.3 is 16.2 Å². The minimum atomic E-state index is -3.61. The van der Waals surface area contributed by atoms with Gasteiger partial charge in [-0.2, -0.15) is 4.31 Å². The molecule has 4 N–H and O–H groups in total. The molecular formula is C10H15N3O4S2. The van der Waals surface area contributed by atoms with Gasteiger partial charge in [-0.3, -0.25) is 4.79 Å². The van der Waals surface area contributed by atoms with Gasteiger partial charge in [-0.15, -0.1) is 11.3 Å². The Kier molecular flexibility index (Phi) is 4.21. The van der Waals surface area contributed by atoms with Crippen molar-refractivity contribution in [1.82, 2.24) is 4.31 Å². The van der Waals surface area contributed by atoms with Crippen molar-refractivity contribution in [1.29, 1.82) is 0 Å². The number of hydrogen-bond donors (Lipinski definition) is 2. The topological polar surface area (TPSA) is 116 Å². The zero-order chi connectivity index (χ0) is 14.0. The van der Waals surface area contributed by atoms with E-state index in [2.05, 4.69) is 0 Å². The molecule has 1 saturated heterocycles. The van der Waals surface area contributed by atoms with Crippen molar-refractivity contribution in [3.05, 3.63) is 17.0 Å². The van der Waals surface area contributed by atoms with Crippen molar-refractivity contribution >= 4 is 27.3 Å². The van der Waals surface area contributed by atoms with E-state index >= 15 is 0 Å². The van der Waals surface area contributed by atoms with Crippen LogP contribution in [0.3, 0.4) is 0 Å². The van der Waals surface area contributed by atoms with Crippen molar-refractivity contribution in [2.45, 2.75) is 10.3 Å². The van der Waals surface area contributed by atoms with E-state index in [0.29, 0.717) is 6.61 Å². The first kappa shape index (κ1) is 14.4. The lowest BCUT2D eigenvalue weighted by atomic mass is 10.3. The molecule has 0 aromatic carbocycles. The summed E-state index contributed by atoms with van der Waals surface area (Å²) in [6, 6.07) is 1.30. The van der Waals surface area contributed by atoms with Crippen LogP contribution in [0.4, 0.5) is 0 Å². The van der Waals surface area contributed by atoms with Crippen LogP contribution in [0.1, 0.15) is 10.4 Å². The van der Waals surface area contributed by atoms with Crippen LogP contribution >= 0.6 is 11.3 Å². The van der Waals surface area contributed by atoms with Crippen LogP contribution in [-0.4, -0.2) is 51.0 Å². The lowest BCUT2D eigenvalue weighted by molar-refractivity contribution is 0.00456. The number of primary amides is 1. The zero-order valence-corrected chi connectivity index (χ0v) is 11.7. The number of carbonyl (C=O) groups is 1. The van der Waals surface area contributed by atoms with E-state index in [9.17, 15) is 13.2 Å². The lowest BCUT2D eigenvalue weighted by Crippen LogP contribution is -2.47. The first-order valence-electron chi connectivity index (χ1n) is 5.65. The molecule has 2 heterocycles. The fourth-order valence-electron chi connectivity index (χ4n) is 1.76. The number of thiophene rings is 1. The SMILES string of the molecule is NCC1CN(S(=O)(=O)c2cc(C(N)=O)cs2)CCO1. The van der Waals surface area contributed by atoms with Crippen LogP contribution in [0.15, 0.2) is 15.7 Å². The maximum Gasteiger partial charge on any atom is 0.252 e. The Morgan fingerprint density at radius 3 is 2.89 bits per heavy atom. The van der Waals surface area contributed by atoms with Crippen LogP contribution in [0, 0.1) is 0 Å². The first-order chi connectivity index (χ1) is 8.95. The summed E-state index contributed by atoms with van der Waals surface area (Å²) in [5, 5.41) is 1.44. The van der Waals surface area contributed by atoms with Gasteiger partial charge in [0.2, 0.25) is 5.91 Å². The van der Waals surface area contributed by atoms with E-state index in [4.69, 9.17) is 16.2 Å². The summed E-state index contributed by atoms with van der Waals surface area (Å²) in [6.45, 7) is 1.09. The van der Waals surface area contributed by atoms with E-state index in [1.54, 1.807) is 0 Å². The molecule has 106 valence electrons. The maximum atomic E-state index is 12.4. The monoisotopic (exact) mass is 305 g/mol. The molecule has 1 fully saturated rings. The number of amides is 1. The molecule has 1 aliphatic heterocycles. The highest BCUT2D eigenvalue weighted by molar-refractivity contribution is 7.91. The number of nitrogens with two attached hydrogens (primary N) is 2. The fraction of sp³-hybridized carbons (Fsp3) is 0.500. The third kappa shape index (κ3) is 2.95. The second-order valence-corrected chi connectivity index (χ2v) is 7.19. The van der Waals surface area contributed by atoms with Gasteiger partial charge in [-0.1, -0.05) is 0 Å². The van der Waals surface area contributed by atoms with E-state index in [-0.39, 0.29) is 35.5 Å². The third-order valence-corrected chi connectivity index (χ3v) is 6.10. The van der Waals surface area contributed by atoms with Gasteiger partial charge in [0.15, 0.2) is 0 Å². The van der Waals surface area contributed by atoms with Gasteiger partial charge in [0.05, 0.1) is 18.3 Å². The van der Waals surface area contributed by atoms with Gasteiger partial charge in [-0.25, -0.2) is 8.42 Å². The van der Waals surface area contributed by atoms with Crippen LogP contribution in [0.25, 0.3) is 0 Å². The average Bonchev–Trinajstić information content (AvgIpc) is 2.89. The molecule has 0 bridgehead atoms. The Morgan fingerprint density at radius 2 is 2.32 bits per heavy atom. The normalized spacial score (nSPS) is 21.4. The van der Waals surface area contributed by atoms with Gasteiger partial charge in [0, 0.05) is 25.0 Å². The number of carbonyl (C=O) groups excluding carboxylic acids is 1. The number of morpholine rings is 1. The number of rotatable bonds is 4. The molecule has 9 heteroatoms. The Bertz CT molecular complexity index is 569. The van der Waals surface area contributed by atoms with E-state index in [0.717, 1.165) is 11.3 Å². The van der Waals surface area contributed by atoms with Crippen LogP contribution < -0.4 is 11.5 Å². The summed E-state index contributed by atoms with van der Waals surface area (Å²) in [4.78, 5) is 11.0. The summed E-state index contributed by atoms with van der Waals surface area (Å²) in [5.74, 6) is -0.639. The fourth-order valence-corrected chi connectivity index (χ4v) is 4.54. The molecule has 1 amide bonds. The molecular weight excluding hydrogens is 290 g/mol. The molecule has 1 aromatic rings. The molecule has 1 aliphatic rings. The summed E-state index contributed by atoms with van der Waals surface area (Å²) in [6.07, 6.45) is -0.293. The first-order valence-corrected chi connectivity index (χ1v) is 7.97. The molecule has 2 rings (SSSR count). The molecule has 0 aliphatic carbocycles. The summed E-state index contributed by atoms with van der Waals surface area (Å²) >= 11 is 0.985. The van der Waals surface area contributed by atoms with E-state index in [1.807, 2.05) is 0 Å². The van der Waals surface area contributed by atoms with Gasteiger partial charge >= 0.3 is 0 Å². The zero-order valence-electron chi connectivity index (χ0n) is 10.1. The van der Waals surface area contributed by atoms with Crippen molar-refractivity contribution < 1.29 is 17.9 Å². The van der Waals surface area contributed by atoms with Crippen LogP contribution in [-0.2, 0) is 14.8 Å². The predicted molar refractivity (Wildman–Crippen MR) is 70.4 cm³/mol. The highest BCUT2D eigenvalue weighted by Crippen LogP contribution is 2.25. The second kappa shape index (κ2) is 5.55. The minimum Gasteiger partial charge on any atom is -0.374 e. The standard InChI is InChI=1S/C10H15N3O4S2/c11-4-8-5-13(1-2-17-8)19(15,16)9-3-7(6-18-9)10(12)14/h3,6,8H,1-2,4-5,11H2,(H2,12,14). The van der Waals surface area contributed by atoms with Crippen LogP contribution in [0.2, 0.25) is 0 Å². The number of hydrogen-bond acceptors (Lipinski definition) is 6.